The number of phosphoric ester groups is 1. The van der Waals surface area contributed by atoms with Gasteiger partial charge < -0.3 is 24.6 Å². The summed E-state index contributed by atoms with van der Waals surface area (Å²) in [7, 11) is -4.62. The van der Waals surface area contributed by atoms with Crippen molar-refractivity contribution >= 4 is 19.8 Å². The van der Waals surface area contributed by atoms with E-state index in [1.165, 1.54) is 89.9 Å². The Bertz CT molecular complexity index is 1030. The predicted octanol–water partition coefficient (Wildman–Crippen LogP) is 11.9. The van der Waals surface area contributed by atoms with E-state index < -0.39 is 51.8 Å². The molecule has 0 aromatic carbocycles. The third-order valence-corrected chi connectivity index (χ3v) is 10.5. The monoisotopic (exact) mass is 815 g/mol. The number of aliphatic hydroxyl groups excluding tert-OH is 2. The molecule has 0 amide bonds. The molecule has 0 saturated heterocycles. The van der Waals surface area contributed by atoms with Crippen molar-refractivity contribution in [1.29, 1.82) is 0 Å². The minimum atomic E-state index is -4.62. The number of hydrogen-bond donors (Lipinski definition) is 3. The third-order valence-electron chi connectivity index (χ3n) is 9.52. The molecule has 0 aliphatic heterocycles. The second-order valence-corrected chi connectivity index (χ2v) is 16.5. The quantitative estimate of drug-likeness (QED) is 0.0235. The fourth-order valence-corrected chi connectivity index (χ4v) is 6.79. The summed E-state index contributed by atoms with van der Waals surface area (Å²) < 4.78 is 32.7. The van der Waals surface area contributed by atoms with Gasteiger partial charge in [0.1, 0.15) is 12.7 Å². The number of esters is 2. The van der Waals surface area contributed by atoms with Crippen LogP contribution in [0.1, 0.15) is 200 Å². The molecule has 10 nitrogen and oxygen atoms in total. The lowest BCUT2D eigenvalue weighted by atomic mass is 10.1. The summed E-state index contributed by atoms with van der Waals surface area (Å²) in [5, 5.41) is 18.3. The molecular weight excluding hydrogens is 731 g/mol. The zero-order valence-corrected chi connectivity index (χ0v) is 36.5. The fourth-order valence-electron chi connectivity index (χ4n) is 6.00. The highest BCUT2D eigenvalue weighted by molar-refractivity contribution is 7.47. The second-order valence-electron chi connectivity index (χ2n) is 15.1. The molecule has 0 rings (SSSR count). The number of aliphatic hydroxyl groups is 2. The molecule has 0 bridgehead atoms. The van der Waals surface area contributed by atoms with Gasteiger partial charge >= 0.3 is 19.8 Å². The van der Waals surface area contributed by atoms with Crippen molar-refractivity contribution in [2.24, 2.45) is 0 Å². The highest BCUT2D eigenvalue weighted by Gasteiger charge is 2.27. The van der Waals surface area contributed by atoms with Gasteiger partial charge in [0, 0.05) is 12.8 Å². The largest absolute Gasteiger partial charge is 0.472 e. The van der Waals surface area contributed by atoms with Crippen LogP contribution in [-0.4, -0.2) is 65.7 Å². The van der Waals surface area contributed by atoms with Gasteiger partial charge in [0.15, 0.2) is 6.10 Å². The van der Waals surface area contributed by atoms with Crippen LogP contribution in [0.5, 0.6) is 0 Å². The minimum absolute atomic E-state index is 0.167. The highest BCUT2D eigenvalue weighted by Crippen LogP contribution is 2.43. The van der Waals surface area contributed by atoms with Crippen molar-refractivity contribution in [3.05, 3.63) is 36.5 Å². The maximum Gasteiger partial charge on any atom is 0.472 e. The van der Waals surface area contributed by atoms with E-state index in [-0.39, 0.29) is 19.4 Å². The van der Waals surface area contributed by atoms with E-state index in [0.717, 1.165) is 70.6 Å². The van der Waals surface area contributed by atoms with Gasteiger partial charge in [-0.1, -0.05) is 159 Å². The first-order valence-corrected chi connectivity index (χ1v) is 23.9. The molecule has 0 aliphatic rings. The third kappa shape index (κ3) is 40.4. The molecule has 3 N–H and O–H groups in total. The lowest BCUT2D eigenvalue weighted by Gasteiger charge is -2.20. The van der Waals surface area contributed by atoms with Crippen LogP contribution in [0.25, 0.3) is 0 Å². The van der Waals surface area contributed by atoms with Crippen molar-refractivity contribution in [3.63, 3.8) is 0 Å². The summed E-state index contributed by atoms with van der Waals surface area (Å²) in [6.07, 6.45) is 42.5. The summed E-state index contributed by atoms with van der Waals surface area (Å²) in [4.78, 5) is 35.0. The van der Waals surface area contributed by atoms with Crippen molar-refractivity contribution in [1.82, 2.24) is 0 Å². The van der Waals surface area contributed by atoms with E-state index in [1.807, 2.05) is 0 Å². The summed E-state index contributed by atoms with van der Waals surface area (Å²) in [6.45, 7) is 2.33. The maximum absolute atomic E-state index is 12.6. The number of carbonyl (C=O) groups is 2. The van der Waals surface area contributed by atoms with Crippen LogP contribution in [0.2, 0.25) is 0 Å². The number of rotatable bonds is 42. The number of ether oxygens (including phenoxy) is 2. The Kier molecular flexibility index (Phi) is 40.0. The molecule has 0 spiro atoms. The normalized spacial score (nSPS) is 14.2. The number of carbonyl (C=O) groups excluding carboxylic acids is 2. The van der Waals surface area contributed by atoms with Gasteiger partial charge in [-0.25, -0.2) is 4.57 Å². The molecule has 11 heteroatoms. The Balaban J connectivity index is 4.26. The Hall–Kier alpha value is -1.81. The standard InChI is InChI=1S/C45H83O10P/c1-3-5-7-9-11-13-15-17-19-20-21-22-23-25-26-28-30-32-34-36-44(48)52-40-43(41-54-56(50,51)53-39-42(47)38-46)55-45(49)37-35-33-31-29-27-24-18-16-14-12-10-8-6-4-2/h10,12,16,18,20-21,42-43,46-47H,3-9,11,13-15,17,19,22-41H2,1-2H3,(H,50,51)/b12-10-,18-16-,21-20-/t42-,43+/m0/s1. The van der Waals surface area contributed by atoms with Crippen LogP contribution in [0.15, 0.2) is 36.5 Å². The Morgan fingerprint density at radius 1 is 0.536 bits per heavy atom. The molecular formula is C45H83O10P. The van der Waals surface area contributed by atoms with Crippen LogP contribution in [0.4, 0.5) is 0 Å². The Labute approximate surface area is 341 Å². The molecule has 1 unspecified atom stereocenters. The average molecular weight is 815 g/mol. The van der Waals surface area contributed by atoms with E-state index in [9.17, 15) is 24.2 Å². The zero-order valence-electron chi connectivity index (χ0n) is 35.6. The molecule has 56 heavy (non-hydrogen) atoms. The highest BCUT2D eigenvalue weighted by atomic mass is 31.2. The van der Waals surface area contributed by atoms with Crippen LogP contribution < -0.4 is 0 Å². The lowest BCUT2D eigenvalue weighted by Crippen LogP contribution is -2.29. The van der Waals surface area contributed by atoms with Crippen molar-refractivity contribution in [2.45, 2.75) is 212 Å². The molecule has 0 saturated carbocycles. The number of hydrogen-bond acceptors (Lipinski definition) is 9. The molecule has 328 valence electrons. The van der Waals surface area contributed by atoms with Gasteiger partial charge in [0.25, 0.3) is 0 Å². The first-order chi connectivity index (χ1) is 27.2. The van der Waals surface area contributed by atoms with Crippen LogP contribution >= 0.6 is 7.82 Å². The first-order valence-electron chi connectivity index (χ1n) is 22.4. The number of unbranched alkanes of at least 4 members (excludes halogenated alkanes) is 22. The summed E-state index contributed by atoms with van der Waals surface area (Å²) in [6, 6.07) is 0. The van der Waals surface area contributed by atoms with E-state index in [1.54, 1.807) is 0 Å². The van der Waals surface area contributed by atoms with Gasteiger partial charge in [-0.15, -0.1) is 0 Å². The Morgan fingerprint density at radius 3 is 1.45 bits per heavy atom. The zero-order chi connectivity index (χ0) is 41.2. The van der Waals surface area contributed by atoms with Gasteiger partial charge in [0.05, 0.1) is 19.8 Å². The van der Waals surface area contributed by atoms with Gasteiger partial charge in [-0.2, -0.15) is 0 Å². The smallest absolute Gasteiger partial charge is 0.462 e. The van der Waals surface area contributed by atoms with Crippen LogP contribution in [0, 0.1) is 0 Å². The molecule has 0 aromatic rings. The predicted molar refractivity (Wildman–Crippen MR) is 228 cm³/mol. The van der Waals surface area contributed by atoms with Gasteiger partial charge in [-0.05, 0) is 64.2 Å². The SMILES string of the molecule is CCCC/C=C\C/C=C\CCCCCCCC(=O)O[C@H](COC(=O)CCCCCCCCC/C=C\CCCCCCCCCC)COP(=O)(O)OC[C@@H](O)CO. The second kappa shape index (κ2) is 41.4. The molecule has 0 fully saturated rings. The van der Waals surface area contributed by atoms with Gasteiger partial charge in [0.2, 0.25) is 0 Å². The number of phosphoric acid groups is 1. The number of allylic oxidation sites excluding steroid dienone is 6. The Morgan fingerprint density at radius 2 is 0.946 bits per heavy atom. The van der Waals surface area contributed by atoms with Crippen molar-refractivity contribution in [2.75, 3.05) is 26.4 Å². The molecule has 0 aliphatic carbocycles. The van der Waals surface area contributed by atoms with E-state index >= 15 is 0 Å². The molecule has 0 heterocycles. The molecule has 3 atom stereocenters. The van der Waals surface area contributed by atoms with Gasteiger partial charge in [-0.3, -0.25) is 18.6 Å². The van der Waals surface area contributed by atoms with Crippen LogP contribution in [-0.2, 0) is 32.7 Å². The van der Waals surface area contributed by atoms with Crippen molar-refractivity contribution in [3.8, 4) is 0 Å². The molecule has 0 aromatic heterocycles. The average Bonchev–Trinajstić information content (AvgIpc) is 3.19. The van der Waals surface area contributed by atoms with Crippen molar-refractivity contribution < 1.29 is 47.8 Å². The maximum atomic E-state index is 12.6. The van der Waals surface area contributed by atoms with E-state index in [4.69, 9.17) is 19.1 Å². The summed E-state index contributed by atoms with van der Waals surface area (Å²) in [5.41, 5.74) is 0. The van der Waals surface area contributed by atoms with E-state index in [2.05, 4.69) is 54.8 Å². The first kappa shape index (κ1) is 54.2. The van der Waals surface area contributed by atoms with E-state index in [0.29, 0.717) is 12.8 Å². The molecule has 0 radical (unpaired) electrons. The topological polar surface area (TPSA) is 149 Å². The summed E-state index contributed by atoms with van der Waals surface area (Å²) >= 11 is 0. The van der Waals surface area contributed by atoms with Crippen LogP contribution in [0.3, 0.4) is 0 Å². The lowest BCUT2D eigenvalue weighted by molar-refractivity contribution is -0.161. The fraction of sp³-hybridized carbons (Fsp3) is 0.822. The summed E-state index contributed by atoms with van der Waals surface area (Å²) in [5.74, 6) is -0.943. The minimum Gasteiger partial charge on any atom is -0.462 e.